The van der Waals surface area contributed by atoms with Crippen molar-refractivity contribution in [1.82, 2.24) is 10.3 Å². The van der Waals surface area contributed by atoms with Crippen molar-refractivity contribution in [3.63, 3.8) is 0 Å². The van der Waals surface area contributed by atoms with Crippen LogP contribution >= 0.6 is 11.3 Å². The average Bonchev–Trinajstić information content (AvgIpc) is 3.20. The Bertz CT molecular complexity index is 892. The molecule has 2 heterocycles. The lowest BCUT2D eigenvalue weighted by Crippen LogP contribution is -2.28. The maximum Gasteiger partial charge on any atom is 0.433 e. The third kappa shape index (κ3) is 4.72. The zero-order valence-corrected chi connectivity index (χ0v) is 14.7. The molecular formula is C19H15F3N2O2S. The summed E-state index contributed by atoms with van der Waals surface area (Å²) >= 11 is 1.59. The molecule has 0 fully saturated rings. The van der Waals surface area contributed by atoms with E-state index in [1.807, 2.05) is 29.0 Å². The van der Waals surface area contributed by atoms with E-state index in [0.717, 1.165) is 29.5 Å². The Kier molecular flexibility index (Phi) is 5.57. The third-order valence-corrected chi connectivity index (χ3v) is 4.61. The van der Waals surface area contributed by atoms with Crippen LogP contribution in [-0.4, -0.2) is 22.5 Å². The molecule has 0 spiro atoms. The molecule has 0 aliphatic carbocycles. The Morgan fingerprint density at radius 1 is 1.11 bits per heavy atom. The lowest BCUT2D eigenvalue weighted by Gasteiger charge is -2.13. The minimum atomic E-state index is -4.56. The van der Waals surface area contributed by atoms with Crippen LogP contribution in [0.3, 0.4) is 0 Å². The van der Waals surface area contributed by atoms with Gasteiger partial charge in [0, 0.05) is 12.7 Å². The smallest absolute Gasteiger partial charge is 0.387 e. The molecule has 2 aromatic heterocycles. The first-order valence-corrected chi connectivity index (χ1v) is 8.91. The lowest BCUT2D eigenvalue weighted by molar-refractivity contribution is -0.141. The molecule has 0 aliphatic rings. The van der Waals surface area contributed by atoms with Gasteiger partial charge in [0.2, 0.25) is 0 Å². The summed E-state index contributed by atoms with van der Waals surface area (Å²) in [5.74, 6) is -0.606. The van der Waals surface area contributed by atoms with Gasteiger partial charge in [-0.05, 0) is 45.6 Å². The molecular weight excluding hydrogens is 377 g/mol. The van der Waals surface area contributed by atoms with Gasteiger partial charge in [-0.1, -0.05) is 24.3 Å². The molecule has 0 saturated carbocycles. The molecule has 0 saturated heterocycles. The maximum absolute atomic E-state index is 12.5. The van der Waals surface area contributed by atoms with Crippen LogP contribution in [0.25, 0.3) is 11.1 Å². The summed E-state index contributed by atoms with van der Waals surface area (Å²) in [6.07, 6.45) is -4.63. The molecule has 3 rings (SSSR count). The van der Waals surface area contributed by atoms with Crippen LogP contribution in [0.4, 0.5) is 13.2 Å². The SMILES string of the molecule is O=C(NCC(O)c1ccc(-c2ccsc2)cc1)c1ccc(C(F)(F)F)nc1. The van der Waals surface area contributed by atoms with E-state index < -0.39 is 23.9 Å². The Morgan fingerprint density at radius 3 is 2.41 bits per heavy atom. The quantitative estimate of drug-likeness (QED) is 0.681. The lowest BCUT2D eigenvalue weighted by atomic mass is 10.0. The van der Waals surface area contributed by atoms with Crippen molar-refractivity contribution in [3.05, 3.63) is 76.2 Å². The zero-order valence-electron chi connectivity index (χ0n) is 13.9. The van der Waals surface area contributed by atoms with Crippen LogP contribution in [0.1, 0.15) is 27.7 Å². The van der Waals surface area contributed by atoms with Crippen molar-refractivity contribution in [2.75, 3.05) is 6.54 Å². The number of hydrogen-bond acceptors (Lipinski definition) is 4. The van der Waals surface area contributed by atoms with Gasteiger partial charge in [0.1, 0.15) is 5.69 Å². The van der Waals surface area contributed by atoms with Gasteiger partial charge >= 0.3 is 6.18 Å². The van der Waals surface area contributed by atoms with Crippen LogP contribution in [0.15, 0.2) is 59.4 Å². The van der Waals surface area contributed by atoms with Crippen molar-refractivity contribution >= 4 is 17.2 Å². The summed E-state index contributed by atoms with van der Waals surface area (Å²) in [6, 6.07) is 11.1. The molecule has 0 aliphatic heterocycles. The summed E-state index contributed by atoms with van der Waals surface area (Å²) in [6.45, 7) is -0.0718. The highest BCUT2D eigenvalue weighted by atomic mass is 32.1. The van der Waals surface area contributed by atoms with E-state index >= 15 is 0 Å². The predicted octanol–water partition coefficient (Wildman–Crippen LogP) is 4.29. The number of carbonyl (C=O) groups excluding carboxylic acids is 1. The second kappa shape index (κ2) is 7.89. The number of halogens is 3. The Hall–Kier alpha value is -2.71. The van der Waals surface area contributed by atoms with Gasteiger partial charge in [-0.15, -0.1) is 0 Å². The van der Waals surface area contributed by atoms with Crippen molar-refractivity contribution in [2.45, 2.75) is 12.3 Å². The van der Waals surface area contributed by atoms with Gasteiger partial charge in [-0.25, -0.2) is 0 Å². The molecule has 1 atom stereocenters. The molecule has 140 valence electrons. The molecule has 3 aromatic rings. The number of thiophene rings is 1. The number of rotatable bonds is 5. The fourth-order valence-electron chi connectivity index (χ4n) is 2.43. The molecule has 1 aromatic carbocycles. The summed E-state index contributed by atoms with van der Waals surface area (Å²) in [5, 5.41) is 16.7. The van der Waals surface area contributed by atoms with E-state index in [4.69, 9.17) is 0 Å². The van der Waals surface area contributed by atoms with Gasteiger partial charge < -0.3 is 10.4 Å². The molecule has 8 heteroatoms. The molecule has 0 radical (unpaired) electrons. The number of alkyl halides is 3. The second-order valence-electron chi connectivity index (χ2n) is 5.79. The second-order valence-corrected chi connectivity index (χ2v) is 6.57. The molecule has 27 heavy (non-hydrogen) atoms. The van der Waals surface area contributed by atoms with Crippen molar-refractivity contribution in [3.8, 4) is 11.1 Å². The van der Waals surface area contributed by atoms with Gasteiger partial charge in [0.05, 0.1) is 11.7 Å². The number of aromatic nitrogens is 1. The van der Waals surface area contributed by atoms with E-state index in [-0.39, 0.29) is 12.1 Å². The minimum absolute atomic E-state index is 0.0111. The van der Waals surface area contributed by atoms with E-state index in [9.17, 15) is 23.1 Å². The van der Waals surface area contributed by atoms with E-state index in [2.05, 4.69) is 10.3 Å². The van der Waals surface area contributed by atoms with E-state index in [1.165, 1.54) is 0 Å². The molecule has 2 N–H and O–H groups in total. The summed E-state index contributed by atoms with van der Waals surface area (Å²) < 4.78 is 37.5. The highest BCUT2D eigenvalue weighted by Crippen LogP contribution is 2.27. The minimum Gasteiger partial charge on any atom is -0.387 e. The fraction of sp³-hybridized carbons (Fsp3) is 0.158. The van der Waals surface area contributed by atoms with Crippen LogP contribution < -0.4 is 5.32 Å². The number of carbonyl (C=O) groups is 1. The maximum atomic E-state index is 12.5. The monoisotopic (exact) mass is 392 g/mol. The van der Waals surface area contributed by atoms with Crippen molar-refractivity contribution in [2.24, 2.45) is 0 Å². The van der Waals surface area contributed by atoms with Gasteiger partial charge in [-0.2, -0.15) is 24.5 Å². The number of amides is 1. The van der Waals surface area contributed by atoms with Gasteiger partial charge in [0.15, 0.2) is 0 Å². The van der Waals surface area contributed by atoms with Crippen LogP contribution in [0.2, 0.25) is 0 Å². The highest BCUT2D eigenvalue weighted by molar-refractivity contribution is 7.08. The number of pyridine rings is 1. The molecule has 1 amide bonds. The van der Waals surface area contributed by atoms with Crippen LogP contribution in [0, 0.1) is 0 Å². The summed E-state index contributed by atoms with van der Waals surface area (Å²) in [5.41, 5.74) is 1.66. The number of hydrogen-bond donors (Lipinski definition) is 2. The molecule has 4 nitrogen and oxygen atoms in total. The van der Waals surface area contributed by atoms with Crippen molar-refractivity contribution in [1.29, 1.82) is 0 Å². The number of benzene rings is 1. The van der Waals surface area contributed by atoms with Crippen LogP contribution in [-0.2, 0) is 6.18 Å². The van der Waals surface area contributed by atoms with E-state index in [0.29, 0.717) is 5.56 Å². The topological polar surface area (TPSA) is 62.2 Å². The summed E-state index contributed by atoms with van der Waals surface area (Å²) in [4.78, 5) is 15.3. The first kappa shape index (κ1) is 19.1. The molecule has 1 unspecified atom stereocenters. The van der Waals surface area contributed by atoms with Crippen molar-refractivity contribution < 1.29 is 23.1 Å². The Morgan fingerprint density at radius 2 is 1.85 bits per heavy atom. The number of aliphatic hydroxyl groups excluding tert-OH is 1. The molecule has 0 bridgehead atoms. The first-order valence-electron chi connectivity index (χ1n) is 7.96. The average molecular weight is 392 g/mol. The summed E-state index contributed by atoms with van der Waals surface area (Å²) in [7, 11) is 0. The standard InChI is InChI=1S/C19H15F3N2O2S/c20-19(21,22)17-6-5-14(9-23-17)18(26)24-10-16(25)13-3-1-12(2-4-13)15-7-8-27-11-15/h1-9,11,16,25H,10H2,(H,24,26). The normalized spacial score (nSPS) is 12.6. The zero-order chi connectivity index (χ0) is 19.4. The fourth-order valence-corrected chi connectivity index (χ4v) is 3.10. The largest absolute Gasteiger partial charge is 0.433 e. The predicted molar refractivity (Wildman–Crippen MR) is 96.3 cm³/mol. The van der Waals surface area contributed by atoms with Gasteiger partial charge in [0.25, 0.3) is 5.91 Å². The Labute approximate surface area is 157 Å². The van der Waals surface area contributed by atoms with Gasteiger partial charge in [-0.3, -0.25) is 9.78 Å². The Balaban J connectivity index is 1.58. The highest BCUT2D eigenvalue weighted by Gasteiger charge is 2.32. The third-order valence-electron chi connectivity index (χ3n) is 3.92. The first-order chi connectivity index (χ1) is 12.8. The number of nitrogens with one attached hydrogen (secondary N) is 1. The van der Waals surface area contributed by atoms with Crippen LogP contribution in [0.5, 0.6) is 0 Å². The number of nitrogens with zero attached hydrogens (tertiary/aromatic N) is 1. The number of aliphatic hydroxyl groups is 1. The van der Waals surface area contributed by atoms with E-state index in [1.54, 1.807) is 23.5 Å².